The van der Waals surface area contributed by atoms with Gasteiger partial charge in [0.15, 0.2) is 0 Å². The lowest BCUT2D eigenvalue weighted by molar-refractivity contribution is -0.134. The predicted molar refractivity (Wildman–Crippen MR) is 68.2 cm³/mol. The molecule has 0 aromatic rings. The molecule has 0 spiro atoms. The van der Waals surface area contributed by atoms with Gasteiger partial charge in [-0.05, 0) is 6.42 Å². The molecule has 0 unspecified atom stereocenters. The fourth-order valence-electron chi connectivity index (χ4n) is 1.67. The third kappa shape index (κ3) is 5.97. The average Bonchev–Trinajstić information content (AvgIpc) is 2.42. The minimum absolute atomic E-state index is 0.0307. The molecule has 0 bridgehead atoms. The van der Waals surface area contributed by atoms with Crippen LogP contribution in [0.1, 0.15) is 19.8 Å². The topological polar surface area (TPSA) is 70.7 Å². The van der Waals surface area contributed by atoms with E-state index in [2.05, 4.69) is 10.6 Å². The van der Waals surface area contributed by atoms with Gasteiger partial charge in [-0.2, -0.15) is 0 Å². The fraction of sp³-hybridized carbons (Fsp3) is 0.833. The van der Waals surface area contributed by atoms with E-state index in [9.17, 15) is 9.59 Å². The summed E-state index contributed by atoms with van der Waals surface area (Å²) in [6.07, 6.45) is 1.35. The molecule has 1 saturated heterocycles. The molecular formula is C12H23N3O3. The summed E-state index contributed by atoms with van der Waals surface area (Å²) in [5.41, 5.74) is 0. The zero-order valence-electron chi connectivity index (χ0n) is 11.0. The molecule has 18 heavy (non-hydrogen) atoms. The Morgan fingerprint density at radius 1 is 1.22 bits per heavy atom. The molecule has 0 aliphatic carbocycles. The van der Waals surface area contributed by atoms with Crippen molar-refractivity contribution in [2.24, 2.45) is 0 Å². The molecule has 1 rings (SSSR count). The highest BCUT2D eigenvalue weighted by Gasteiger charge is 2.15. The maximum Gasteiger partial charge on any atom is 0.236 e. The molecule has 0 saturated carbocycles. The van der Waals surface area contributed by atoms with Crippen molar-refractivity contribution in [3.63, 3.8) is 0 Å². The molecule has 6 heteroatoms. The van der Waals surface area contributed by atoms with Gasteiger partial charge < -0.3 is 20.3 Å². The van der Waals surface area contributed by atoms with Gasteiger partial charge in [0.25, 0.3) is 0 Å². The molecule has 0 atom stereocenters. The van der Waals surface area contributed by atoms with Crippen LogP contribution in [-0.4, -0.2) is 62.7 Å². The summed E-state index contributed by atoms with van der Waals surface area (Å²) in [4.78, 5) is 24.8. The molecule has 1 aliphatic heterocycles. The summed E-state index contributed by atoms with van der Waals surface area (Å²) < 4.78 is 5.18. The van der Waals surface area contributed by atoms with Crippen LogP contribution >= 0.6 is 0 Å². The number of nitrogens with zero attached hydrogens (tertiary/aromatic N) is 1. The number of ether oxygens (including phenoxy) is 1. The highest BCUT2D eigenvalue weighted by molar-refractivity contribution is 5.78. The molecule has 6 nitrogen and oxygen atoms in total. The third-order valence-corrected chi connectivity index (χ3v) is 2.74. The summed E-state index contributed by atoms with van der Waals surface area (Å²) in [5, 5.41) is 5.79. The van der Waals surface area contributed by atoms with Crippen LogP contribution in [-0.2, 0) is 14.3 Å². The number of rotatable bonds is 7. The lowest BCUT2D eigenvalue weighted by Gasteiger charge is -2.26. The van der Waals surface area contributed by atoms with Gasteiger partial charge in [0.1, 0.15) is 0 Å². The minimum Gasteiger partial charge on any atom is -0.378 e. The Balaban J connectivity index is 2.02. The lowest BCUT2D eigenvalue weighted by Crippen LogP contribution is -2.45. The van der Waals surface area contributed by atoms with E-state index in [0.29, 0.717) is 52.4 Å². The Bertz CT molecular complexity index is 265. The van der Waals surface area contributed by atoms with Gasteiger partial charge in [-0.1, -0.05) is 6.92 Å². The Hall–Kier alpha value is -1.14. The summed E-state index contributed by atoms with van der Waals surface area (Å²) in [7, 11) is 0. The largest absolute Gasteiger partial charge is 0.378 e. The third-order valence-electron chi connectivity index (χ3n) is 2.74. The van der Waals surface area contributed by atoms with Crippen molar-refractivity contribution >= 4 is 11.8 Å². The molecule has 0 radical (unpaired) electrons. The number of carbonyl (C=O) groups is 2. The van der Waals surface area contributed by atoms with Gasteiger partial charge in [-0.3, -0.25) is 9.59 Å². The second-order valence-corrected chi connectivity index (χ2v) is 4.27. The normalized spacial score (nSPS) is 15.5. The Kier molecular flexibility index (Phi) is 7.36. The van der Waals surface area contributed by atoms with Crippen molar-refractivity contribution in [2.45, 2.75) is 19.8 Å². The number of carbonyl (C=O) groups excluding carboxylic acids is 2. The zero-order chi connectivity index (χ0) is 13.2. The number of morpholine rings is 1. The highest BCUT2D eigenvalue weighted by atomic mass is 16.5. The summed E-state index contributed by atoms with van der Waals surface area (Å²) in [6, 6.07) is 0. The monoisotopic (exact) mass is 257 g/mol. The molecular weight excluding hydrogens is 234 g/mol. The van der Waals surface area contributed by atoms with E-state index in [1.807, 2.05) is 6.92 Å². The van der Waals surface area contributed by atoms with Crippen LogP contribution in [0, 0.1) is 0 Å². The second kappa shape index (κ2) is 8.88. The van der Waals surface area contributed by atoms with Gasteiger partial charge in [0, 0.05) is 32.6 Å². The molecule has 2 amide bonds. The second-order valence-electron chi connectivity index (χ2n) is 4.27. The van der Waals surface area contributed by atoms with E-state index in [-0.39, 0.29) is 11.8 Å². The first kappa shape index (κ1) is 14.9. The molecule has 1 heterocycles. The number of hydrogen-bond donors (Lipinski definition) is 2. The molecule has 1 aliphatic rings. The lowest BCUT2D eigenvalue weighted by atomic mass is 10.3. The maximum absolute atomic E-state index is 11.7. The van der Waals surface area contributed by atoms with Crippen LogP contribution < -0.4 is 10.6 Å². The molecule has 1 fully saturated rings. The van der Waals surface area contributed by atoms with Crippen molar-refractivity contribution < 1.29 is 14.3 Å². The van der Waals surface area contributed by atoms with Gasteiger partial charge >= 0.3 is 0 Å². The van der Waals surface area contributed by atoms with Crippen molar-refractivity contribution in [1.82, 2.24) is 15.5 Å². The molecule has 0 aromatic heterocycles. The number of hydrogen-bond acceptors (Lipinski definition) is 4. The van der Waals surface area contributed by atoms with Crippen LogP contribution in [0.15, 0.2) is 0 Å². The van der Waals surface area contributed by atoms with Crippen molar-refractivity contribution in [3.8, 4) is 0 Å². The quantitative estimate of drug-likeness (QED) is 0.595. The van der Waals surface area contributed by atoms with Crippen LogP contribution in [0.2, 0.25) is 0 Å². The molecule has 2 N–H and O–H groups in total. The van der Waals surface area contributed by atoms with Gasteiger partial charge in [-0.25, -0.2) is 0 Å². The van der Waals surface area contributed by atoms with E-state index in [1.54, 1.807) is 4.90 Å². The zero-order valence-corrected chi connectivity index (χ0v) is 11.0. The first-order valence-corrected chi connectivity index (χ1v) is 6.57. The smallest absolute Gasteiger partial charge is 0.236 e. The maximum atomic E-state index is 11.7. The standard InChI is InChI=1S/C12H23N3O3/c1-2-4-14-11(16)3-5-13-10-12(17)15-6-8-18-9-7-15/h13H,2-10H2,1H3,(H,14,16). The molecule has 104 valence electrons. The van der Waals surface area contributed by atoms with Crippen molar-refractivity contribution in [1.29, 1.82) is 0 Å². The van der Waals surface area contributed by atoms with Crippen LogP contribution in [0.25, 0.3) is 0 Å². The fourth-order valence-corrected chi connectivity index (χ4v) is 1.67. The molecule has 0 aromatic carbocycles. The summed E-state index contributed by atoms with van der Waals surface area (Å²) in [6.45, 7) is 6.11. The van der Waals surface area contributed by atoms with Crippen LogP contribution in [0.5, 0.6) is 0 Å². The highest BCUT2D eigenvalue weighted by Crippen LogP contribution is 1.96. The predicted octanol–water partition coefficient (Wildman–Crippen LogP) is -0.649. The first-order chi connectivity index (χ1) is 8.74. The van der Waals surface area contributed by atoms with Crippen molar-refractivity contribution in [3.05, 3.63) is 0 Å². The SMILES string of the molecule is CCCNC(=O)CCNCC(=O)N1CCOCC1. The van der Waals surface area contributed by atoms with E-state index in [4.69, 9.17) is 4.74 Å². The Morgan fingerprint density at radius 3 is 2.61 bits per heavy atom. The first-order valence-electron chi connectivity index (χ1n) is 6.57. The van der Waals surface area contributed by atoms with E-state index in [0.717, 1.165) is 6.42 Å². The number of amides is 2. The van der Waals surface area contributed by atoms with Gasteiger partial charge in [0.05, 0.1) is 19.8 Å². The number of nitrogens with one attached hydrogen (secondary N) is 2. The van der Waals surface area contributed by atoms with Crippen molar-refractivity contribution in [2.75, 3.05) is 45.9 Å². The summed E-state index contributed by atoms with van der Waals surface area (Å²) >= 11 is 0. The Morgan fingerprint density at radius 2 is 1.94 bits per heavy atom. The average molecular weight is 257 g/mol. The van der Waals surface area contributed by atoms with E-state index in [1.165, 1.54) is 0 Å². The van der Waals surface area contributed by atoms with E-state index < -0.39 is 0 Å². The van der Waals surface area contributed by atoms with Crippen LogP contribution in [0.3, 0.4) is 0 Å². The summed E-state index contributed by atoms with van der Waals surface area (Å²) in [5.74, 6) is 0.107. The minimum atomic E-state index is 0.0307. The van der Waals surface area contributed by atoms with Crippen LogP contribution in [0.4, 0.5) is 0 Å². The Labute approximate surface area is 108 Å². The van der Waals surface area contributed by atoms with Gasteiger partial charge in [-0.15, -0.1) is 0 Å². The van der Waals surface area contributed by atoms with E-state index >= 15 is 0 Å². The van der Waals surface area contributed by atoms with Gasteiger partial charge in [0.2, 0.25) is 11.8 Å².